The van der Waals surface area contributed by atoms with Crippen LogP contribution >= 0.6 is 0 Å². The third kappa shape index (κ3) is 4.57. The molecule has 1 heterocycles. The molecule has 0 radical (unpaired) electrons. The number of rotatable bonds is 7. The zero-order chi connectivity index (χ0) is 21.0. The molecule has 0 amide bonds. The first kappa shape index (κ1) is 20.4. The fourth-order valence-electron chi connectivity index (χ4n) is 3.23. The Balaban J connectivity index is 2.07. The predicted molar refractivity (Wildman–Crippen MR) is 115 cm³/mol. The number of aliphatic carboxylic acids is 1. The van der Waals surface area contributed by atoms with Gasteiger partial charge in [-0.2, -0.15) is 5.10 Å². The van der Waals surface area contributed by atoms with Crippen LogP contribution in [0.5, 0.6) is 5.75 Å². The highest BCUT2D eigenvalue weighted by Crippen LogP contribution is 2.27. The van der Waals surface area contributed by atoms with E-state index < -0.39 is 11.9 Å². The van der Waals surface area contributed by atoms with Crippen LogP contribution in [0, 0.1) is 12.8 Å². The first-order valence-electron chi connectivity index (χ1n) is 9.59. The summed E-state index contributed by atoms with van der Waals surface area (Å²) in [5, 5.41) is 14.4. The molecular formula is C24H26N2O3. The number of carboxylic acids is 1. The normalized spacial score (nSPS) is 12.6. The summed E-state index contributed by atoms with van der Waals surface area (Å²) in [5.41, 5.74) is 5.59. The van der Waals surface area contributed by atoms with E-state index in [0.29, 0.717) is 6.42 Å². The Hall–Kier alpha value is -3.34. The van der Waals surface area contributed by atoms with E-state index in [2.05, 4.69) is 24.3 Å². The molecule has 0 saturated heterocycles. The van der Waals surface area contributed by atoms with Crippen molar-refractivity contribution < 1.29 is 14.6 Å². The summed E-state index contributed by atoms with van der Waals surface area (Å²) in [6.07, 6.45) is 2.19. The molecule has 1 unspecified atom stereocenters. The summed E-state index contributed by atoms with van der Waals surface area (Å²) >= 11 is 0. The first-order valence-corrected chi connectivity index (χ1v) is 9.59. The lowest BCUT2D eigenvalue weighted by atomic mass is 9.95. The molecule has 2 aromatic carbocycles. The Morgan fingerprint density at radius 2 is 1.83 bits per heavy atom. The van der Waals surface area contributed by atoms with Crippen LogP contribution in [-0.4, -0.2) is 28.0 Å². The molecule has 29 heavy (non-hydrogen) atoms. The van der Waals surface area contributed by atoms with Crippen molar-refractivity contribution in [2.24, 2.45) is 5.92 Å². The predicted octanol–water partition coefficient (Wildman–Crippen LogP) is 5.07. The number of methoxy groups -OCH3 is 1. The van der Waals surface area contributed by atoms with Gasteiger partial charge in [0.05, 0.1) is 30.1 Å². The Kier molecular flexibility index (Phi) is 6.17. The fraction of sp³-hybridized carbons (Fsp3) is 0.250. The average Bonchev–Trinajstić information content (AvgIpc) is 3.15. The van der Waals surface area contributed by atoms with Crippen LogP contribution in [0.25, 0.3) is 16.9 Å². The lowest BCUT2D eigenvalue weighted by Gasteiger charge is -2.11. The van der Waals surface area contributed by atoms with Crippen LogP contribution in [0.3, 0.4) is 0 Å². The highest BCUT2D eigenvalue weighted by atomic mass is 16.5. The number of carboxylic acid groups (broad SMARTS) is 1. The van der Waals surface area contributed by atoms with Gasteiger partial charge in [0.15, 0.2) is 0 Å². The number of benzene rings is 2. The molecule has 0 fully saturated rings. The van der Waals surface area contributed by atoms with Crippen molar-refractivity contribution in [1.29, 1.82) is 0 Å². The van der Waals surface area contributed by atoms with Crippen molar-refractivity contribution in [1.82, 2.24) is 9.78 Å². The van der Waals surface area contributed by atoms with Gasteiger partial charge in [-0.3, -0.25) is 4.79 Å². The number of nitrogens with zero attached hydrogens (tertiary/aromatic N) is 2. The van der Waals surface area contributed by atoms with Gasteiger partial charge in [-0.15, -0.1) is 0 Å². The molecule has 1 N–H and O–H groups in total. The number of hydrogen-bond acceptors (Lipinski definition) is 3. The second kappa shape index (κ2) is 8.78. The molecule has 3 rings (SSSR count). The molecule has 0 bridgehead atoms. The summed E-state index contributed by atoms with van der Waals surface area (Å²) in [5.74, 6) is -0.658. The van der Waals surface area contributed by atoms with Gasteiger partial charge in [0.1, 0.15) is 5.75 Å². The van der Waals surface area contributed by atoms with E-state index in [1.165, 1.54) is 5.56 Å². The van der Waals surface area contributed by atoms with Crippen LogP contribution in [-0.2, 0) is 11.2 Å². The van der Waals surface area contributed by atoms with Gasteiger partial charge in [0.2, 0.25) is 0 Å². The first-order chi connectivity index (χ1) is 13.9. The molecule has 5 nitrogen and oxygen atoms in total. The van der Waals surface area contributed by atoms with Gasteiger partial charge in [0, 0.05) is 12.0 Å². The van der Waals surface area contributed by atoms with Crippen LogP contribution in [0.15, 0.2) is 66.2 Å². The number of allylic oxidation sites excluding steroid dienone is 1. The summed E-state index contributed by atoms with van der Waals surface area (Å²) in [4.78, 5) is 11.8. The monoisotopic (exact) mass is 390 g/mol. The Bertz CT molecular complexity index is 1020. The molecule has 0 aliphatic heterocycles. The average molecular weight is 390 g/mol. The number of hydrogen-bond donors (Lipinski definition) is 1. The Morgan fingerprint density at radius 1 is 1.17 bits per heavy atom. The largest absolute Gasteiger partial charge is 0.497 e. The van der Waals surface area contributed by atoms with Crippen molar-refractivity contribution in [2.75, 3.05) is 7.11 Å². The molecule has 0 spiro atoms. The van der Waals surface area contributed by atoms with Crippen molar-refractivity contribution in [3.63, 3.8) is 0 Å². The van der Waals surface area contributed by atoms with Gasteiger partial charge in [-0.1, -0.05) is 41.5 Å². The highest BCUT2D eigenvalue weighted by Gasteiger charge is 2.22. The van der Waals surface area contributed by atoms with Gasteiger partial charge in [-0.05, 0) is 51.1 Å². The second-order valence-electron chi connectivity index (χ2n) is 7.12. The van der Waals surface area contributed by atoms with E-state index >= 15 is 0 Å². The lowest BCUT2D eigenvalue weighted by Crippen LogP contribution is -2.18. The molecule has 0 aliphatic carbocycles. The summed E-state index contributed by atoms with van der Waals surface area (Å²) in [6.45, 7) is 5.76. The van der Waals surface area contributed by atoms with E-state index in [0.717, 1.165) is 34.0 Å². The molecule has 5 heteroatoms. The maximum Gasteiger partial charge on any atom is 0.311 e. The third-order valence-corrected chi connectivity index (χ3v) is 5.14. The molecule has 1 atom stereocenters. The third-order valence-electron chi connectivity index (χ3n) is 5.14. The minimum atomic E-state index is -0.837. The van der Waals surface area contributed by atoms with Gasteiger partial charge < -0.3 is 9.84 Å². The van der Waals surface area contributed by atoms with Crippen molar-refractivity contribution in [3.05, 3.63) is 77.5 Å². The standard InChI is InChI=1S/C24H26N2O3/c1-5-17(3)22(24(27)28)14-19-15-23(18-8-6-16(2)7-9-18)26(25-19)20-10-12-21(29-4)13-11-20/h5-13,15,22H,14H2,1-4H3,(H,27,28)/b17-5+. The summed E-state index contributed by atoms with van der Waals surface area (Å²) < 4.78 is 7.12. The number of ether oxygens (including phenoxy) is 1. The van der Waals surface area contributed by atoms with Crippen LogP contribution in [0.4, 0.5) is 0 Å². The molecule has 150 valence electrons. The Labute approximate surface area is 171 Å². The smallest absolute Gasteiger partial charge is 0.311 e. The lowest BCUT2D eigenvalue weighted by molar-refractivity contribution is -0.140. The van der Waals surface area contributed by atoms with Gasteiger partial charge >= 0.3 is 5.97 Å². The molecule has 1 aromatic heterocycles. The van der Waals surface area contributed by atoms with Gasteiger partial charge in [0.25, 0.3) is 0 Å². The minimum absolute atomic E-state index is 0.341. The fourth-order valence-corrected chi connectivity index (χ4v) is 3.23. The topological polar surface area (TPSA) is 64.4 Å². The Morgan fingerprint density at radius 3 is 2.38 bits per heavy atom. The molecule has 0 saturated carbocycles. The van der Waals surface area contributed by atoms with E-state index in [1.54, 1.807) is 7.11 Å². The summed E-state index contributed by atoms with van der Waals surface area (Å²) in [7, 11) is 1.63. The van der Waals surface area contributed by atoms with Gasteiger partial charge in [-0.25, -0.2) is 4.68 Å². The van der Waals surface area contributed by atoms with E-state index in [-0.39, 0.29) is 0 Å². The van der Waals surface area contributed by atoms with E-state index in [1.807, 2.05) is 61.9 Å². The van der Waals surface area contributed by atoms with Crippen LogP contribution in [0.2, 0.25) is 0 Å². The maximum atomic E-state index is 11.8. The molecule has 3 aromatic rings. The molecule has 0 aliphatic rings. The number of aryl methyl sites for hydroxylation is 1. The van der Waals surface area contributed by atoms with Crippen molar-refractivity contribution in [3.8, 4) is 22.7 Å². The zero-order valence-electron chi connectivity index (χ0n) is 17.2. The quantitative estimate of drug-likeness (QED) is 0.572. The maximum absolute atomic E-state index is 11.8. The van der Waals surface area contributed by atoms with Crippen LogP contribution in [0.1, 0.15) is 25.1 Å². The SMILES string of the molecule is C/C=C(\C)C(Cc1cc(-c2ccc(C)cc2)n(-c2ccc(OC)cc2)n1)C(=O)O. The van der Waals surface area contributed by atoms with Crippen molar-refractivity contribution >= 4 is 5.97 Å². The summed E-state index contributed by atoms with van der Waals surface area (Å²) in [6, 6.07) is 17.9. The van der Waals surface area contributed by atoms with Crippen LogP contribution < -0.4 is 4.74 Å². The number of carbonyl (C=O) groups is 1. The zero-order valence-corrected chi connectivity index (χ0v) is 17.2. The van der Waals surface area contributed by atoms with E-state index in [4.69, 9.17) is 9.84 Å². The second-order valence-corrected chi connectivity index (χ2v) is 7.12. The number of aromatic nitrogens is 2. The highest BCUT2D eigenvalue weighted by molar-refractivity contribution is 5.74. The van der Waals surface area contributed by atoms with Crippen molar-refractivity contribution in [2.45, 2.75) is 27.2 Å². The van der Waals surface area contributed by atoms with E-state index in [9.17, 15) is 9.90 Å². The molecular weight excluding hydrogens is 364 g/mol. The minimum Gasteiger partial charge on any atom is -0.497 e.